The lowest BCUT2D eigenvalue weighted by molar-refractivity contribution is -0.939. The van der Waals surface area contributed by atoms with Gasteiger partial charge in [0.1, 0.15) is 19.1 Å². The summed E-state index contributed by atoms with van der Waals surface area (Å²) in [6, 6.07) is 12.3. The molecule has 128 valence electrons. The number of thiophene rings is 1. The lowest BCUT2D eigenvalue weighted by Gasteiger charge is -2.34. The minimum Gasteiger partial charge on any atom is -0.370 e. The van der Waals surface area contributed by atoms with E-state index < -0.39 is 0 Å². The summed E-state index contributed by atoms with van der Waals surface area (Å²) in [5.41, 5.74) is 1.88. The molecule has 0 saturated carbocycles. The number of ether oxygens (including phenoxy) is 1. The largest absolute Gasteiger partial charge is 0.370 e. The van der Waals surface area contributed by atoms with Gasteiger partial charge in [0.25, 0.3) is 5.91 Å². The summed E-state index contributed by atoms with van der Waals surface area (Å²) in [6.07, 6.45) is 0. The maximum absolute atomic E-state index is 12.6. The van der Waals surface area contributed by atoms with Gasteiger partial charge in [0, 0.05) is 5.56 Å². The van der Waals surface area contributed by atoms with E-state index >= 15 is 0 Å². The fraction of sp³-hybridized carbons (Fsp3) is 0.421. The van der Waals surface area contributed by atoms with Crippen LogP contribution in [0.4, 0.5) is 0 Å². The van der Waals surface area contributed by atoms with Gasteiger partial charge < -0.3 is 15.0 Å². The Kier molecular flexibility index (Phi) is 5.66. The van der Waals surface area contributed by atoms with Crippen molar-refractivity contribution in [1.29, 1.82) is 0 Å². The van der Waals surface area contributed by atoms with Crippen LogP contribution >= 0.6 is 11.3 Å². The molecule has 3 rings (SSSR count). The molecule has 5 heteroatoms. The molecule has 2 atom stereocenters. The predicted molar refractivity (Wildman–Crippen MR) is 96.7 cm³/mol. The summed E-state index contributed by atoms with van der Waals surface area (Å²) < 4.78 is 5.50. The van der Waals surface area contributed by atoms with Crippen LogP contribution in [0.1, 0.15) is 33.8 Å². The second kappa shape index (κ2) is 7.92. The molecule has 0 radical (unpaired) electrons. The number of amides is 1. The normalized spacial score (nSPS) is 18.1. The second-order valence-corrected chi connectivity index (χ2v) is 7.37. The van der Waals surface area contributed by atoms with Gasteiger partial charge in [0.05, 0.1) is 24.1 Å². The number of hydrogen-bond acceptors (Lipinski definition) is 3. The Morgan fingerprint density at radius 2 is 1.92 bits per heavy atom. The van der Waals surface area contributed by atoms with E-state index in [0.717, 1.165) is 31.9 Å². The Bertz CT molecular complexity index is 649. The van der Waals surface area contributed by atoms with Gasteiger partial charge in [-0.25, -0.2) is 0 Å². The molecule has 1 fully saturated rings. The monoisotopic (exact) mass is 345 g/mol. The Morgan fingerprint density at radius 1 is 1.21 bits per heavy atom. The first-order chi connectivity index (χ1) is 11.6. The molecular weight excluding hydrogens is 320 g/mol. The van der Waals surface area contributed by atoms with Gasteiger partial charge in [-0.3, -0.25) is 4.79 Å². The molecule has 1 amide bonds. The van der Waals surface area contributed by atoms with Gasteiger partial charge >= 0.3 is 0 Å². The lowest BCUT2D eigenvalue weighted by Crippen LogP contribution is -3.15. The smallest absolute Gasteiger partial charge is 0.251 e. The zero-order chi connectivity index (χ0) is 16.9. The summed E-state index contributed by atoms with van der Waals surface area (Å²) >= 11 is 1.76. The number of rotatable bonds is 5. The molecule has 1 aromatic heterocycles. The quantitative estimate of drug-likeness (QED) is 0.868. The van der Waals surface area contributed by atoms with Crippen LogP contribution in [-0.2, 0) is 4.74 Å². The van der Waals surface area contributed by atoms with Crippen LogP contribution < -0.4 is 10.2 Å². The van der Waals surface area contributed by atoms with E-state index in [4.69, 9.17) is 4.74 Å². The molecule has 2 aromatic rings. The Hall–Kier alpha value is -1.69. The van der Waals surface area contributed by atoms with Gasteiger partial charge in [-0.05, 0) is 37.4 Å². The van der Waals surface area contributed by atoms with Crippen molar-refractivity contribution in [1.82, 2.24) is 5.32 Å². The topological polar surface area (TPSA) is 42.8 Å². The van der Waals surface area contributed by atoms with E-state index in [2.05, 4.69) is 29.8 Å². The molecule has 1 saturated heterocycles. The fourth-order valence-corrected chi connectivity index (χ4v) is 4.28. The molecule has 2 heterocycles. The average Bonchev–Trinajstić information content (AvgIpc) is 3.10. The van der Waals surface area contributed by atoms with E-state index in [1.54, 1.807) is 11.3 Å². The Balaban J connectivity index is 1.74. The van der Waals surface area contributed by atoms with E-state index in [9.17, 15) is 4.79 Å². The lowest BCUT2D eigenvalue weighted by atomic mass is 10.0. The first-order valence-electron chi connectivity index (χ1n) is 8.48. The number of hydrogen-bond donors (Lipinski definition) is 2. The van der Waals surface area contributed by atoms with Crippen molar-refractivity contribution in [2.45, 2.75) is 25.9 Å². The van der Waals surface area contributed by atoms with Crippen molar-refractivity contribution in [2.75, 3.05) is 26.3 Å². The molecule has 0 bridgehead atoms. The first-order valence-corrected chi connectivity index (χ1v) is 9.36. The van der Waals surface area contributed by atoms with Crippen molar-refractivity contribution >= 4 is 17.2 Å². The van der Waals surface area contributed by atoms with E-state index in [1.165, 1.54) is 9.78 Å². The van der Waals surface area contributed by atoms with Gasteiger partial charge in [0.2, 0.25) is 0 Å². The summed E-state index contributed by atoms with van der Waals surface area (Å²) in [5.74, 6) is -0.00304. The summed E-state index contributed by atoms with van der Waals surface area (Å²) in [6.45, 7) is 7.67. The molecule has 2 N–H and O–H groups in total. The van der Waals surface area contributed by atoms with Gasteiger partial charge in [-0.1, -0.05) is 23.8 Å². The maximum atomic E-state index is 12.6. The Labute approximate surface area is 147 Å². The number of morpholine rings is 1. The number of quaternary nitrogens is 1. The molecule has 1 aromatic carbocycles. The predicted octanol–water partition coefficient (Wildman–Crippen LogP) is 1.83. The van der Waals surface area contributed by atoms with Crippen molar-refractivity contribution in [3.63, 3.8) is 0 Å². The SMILES string of the molecule is Cc1ccc(C(=O)N[C@H](C)[C@@H](c2cccs2)[NH+]2CCOCC2)cc1. The third-order valence-corrected chi connectivity index (χ3v) is 5.55. The average molecular weight is 345 g/mol. The molecule has 24 heavy (non-hydrogen) atoms. The molecular formula is C19H25N2O2S+. The molecule has 0 unspecified atom stereocenters. The number of nitrogens with one attached hydrogen (secondary N) is 2. The third-order valence-electron chi connectivity index (χ3n) is 4.60. The summed E-state index contributed by atoms with van der Waals surface area (Å²) in [5, 5.41) is 5.32. The minimum absolute atomic E-state index is 0.00304. The highest BCUT2D eigenvalue weighted by Gasteiger charge is 2.33. The van der Waals surface area contributed by atoms with Crippen LogP contribution in [0.5, 0.6) is 0 Å². The summed E-state index contributed by atoms with van der Waals surface area (Å²) in [7, 11) is 0. The van der Waals surface area contributed by atoms with Crippen molar-refractivity contribution in [3.8, 4) is 0 Å². The van der Waals surface area contributed by atoms with Crippen molar-refractivity contribution in [3.05, 3.63) is 57.8 Å². The maximum Gasteiger partial charge on any atom is 0.251 e. The molecule has 0 spiro atoms. The molecule has 0 aliphatic carbocycles. The standard InChI is InChI=1S/C19H24N2O2S/c1-14-5-7-16(8-6-14)19(22)20-15(2)18(17-4-3-13-24-17)21-9-11-23-12-10-21/h3-8,13,15,18H,9-12H2,1-2H3,(H,20,22)/p+1/t15-,18+/m1/s1. The van der Waals surface area contributed by atoms with Crippen LogP contribution in [0.3, 0.4) is 0 Å². The zero-order valence-electron chi connectivity index (χ0n) is 14.2. The van der Waals surface area contributed by atoms with Crippen LogP contribution in [0.2, 0.25) is 0 Å². The van der Waals surface area contributed by atoms with Crippen LogP contribution in [-0.4, -0.2) is 38.3 Å². The van der Waals surface area contributed by atoms with Gasteiger partial charge in [0.15, 0.2) is 0 Å². The first kappa shape index (κ1) is 17.1. The minimum atomic E-state index is -0.00304. The van der Waals surface area contributed by atoms with Crippen LogP contribution in [0.25, 0.3) is 0 Å². The van der Waals surface area contributed by atoms with Gasteiger partial charge in [-0.15, -0.1) is 11.3 Å². The second-order valence-electron chi connectivity index (χ2n) is 6.39. The highest BCUT2D eigenvalue weighted by atomic mass is 32.1. The Morgan fingerprint density at radius 3 is 2.54 bits per heavy atom. The number of carbonyl (C=O) groups excluding carboxylic acids is 1. The fourth-order valence-electron chi connectivity index (χ4n) is 3.29. The number of aryl methyl sites for hydroxylation is 1. The van der Waals surface area contributed by atoms with E-state index in [1.807, 2.05) is 31.2 Å². The van der Waals surface area contributed by atoms with Crippen LogP contribution in [0, 0.1) is 6.92 Å². The van der Waals surface area contributed by atoms with Crippen molar-refractivity contribution in [2.24, 2.45) is 0 Å². The molecule has 4 nitrogen and oxygen atoms in total. The van der Waals surface area contributed by atoms with E-state index in [0.29, 0.717) is 5.56 Å². The molecule has 1 aliphatic rings. The van der Waals surface area contributed by atoms with Crippen molar-refractivity contribution < 1.29 is 14.4 Å². The van der Waals surface area contributed by atoms with Gasteiger partial charge in [-0.2, -0.15) is 0 Å². The van der Waals surface area contributed by atoms with E-state index in [-0.39, 0.29) is 18.0 Å². The molecule has 1 aliphatic heterocycles. The highest BCUT2D eigenvalue weighted by molar-refractivity contribution is 7.10. The number of carbonyl (C=O) groups is 1. The van der Waals surface area contributed by atoms with Crippen LogP contribution in [0.15, 0.2) is 41.8 Å². The number of benzene rings is 1. The highest BCUT2D eigenvalue weighted by Crippen LogP contribution is 2.20. The zero-order valence-corrected chi connectivity index (χ0v) is 15.1. The summed E-state index contributed by atoms with van der Waals surface area (Å²) in [4.78, 5) is 15.4. The third kappa shape index (κ3) is 4.04.